The number of likely N-dealkylation sites (tertiary alicyclic amines) is 1. The third-order valence-electron chi connectivity index (χ3n) is 4.26. The number of amides is 1. The molecule has 5 heteroatoms. The van der Waals surface area contributed by atoms with Crippen molar-refractivity contribution in [3.63, 3.8) is 0 Å². The maximum Gasteiger partial charge on any atom is 0.410 e. The van der Waals surface area contributed by atoms with Gasteiger partial charge in [-0.3, -0.25) is 4.98 Å². The highest BCUT2D eigenvalue weighted by atomic mass is 16.6. The molecule has 22 heavy (non-hydrogen) atoms. The van der Waals surface area contributed by atoms with Crippen molar-refractivity contribution in [2.45, 2.75) is 58.3 Å². The van der Waals surface area contributed by atoms with Gasteiger partial charge in [0.1, 0.15) is 11.2 Å². The Bertz CT molecular complexity index is 584. The Kier molecular flexibility index (Phi) is 3.63. The van der Waals surface area contributed by atoms with Gasteiger partial charge < -0.3 is 14.4 Å². The second kappa shape index (κ2) is 5.23. The first-order chi connectivity index (χ1) is 10.3. The molecule has 1 fully saturated rings. The molecule has 0 unspecified atom stereocenters. The third-order valence-corrected chi connectivity index (χ3v) is 4.26. The summed E-state index contributed by atoms with van der Waals surface area (Å²) in [5.41, 5.74) is 2.63. The van der Waals surface area contributed by atoms with Crippen LogP contribution in [0.1, 0.15) is 50.4 Å². The number of nitrogens with zero attached hydrogens (tertiary/aromatic N) is 2. The number of carbonyl (C=O) groups is 1. The van der Waals surface area contributed by atoms with Gasteiger partial charge in [0.25, 0.3) is 0 Å². The molecule has 2 aliphatic heterocycles. The van der Waals surface area contributed by atoms with Crippen molar-refractivity contribution >= 4 is 6.09 Å². The molecule has 1 spiro atoms. The molecule has 0 aliphatic carbocycles. The van der Waals surface area contributed by atoms with E-state index >= 15 is 0 Å². The smallest absolute Gasteiger partial charge is 0.410 e. The Morgan fingerprint density at radius 3 is 2.68 bits per heavy atom. The van der Waals surface area contributed by atoms with Crippen molar-refractivity contribution in [1.82, 2.24) is 9.88 Å². The summed E-state index contributed by atoms with van der Waals surface area (Å²) in [6.45, 7) is 9.62. The summed E-state index contributed by atoms with van der Waals surface area (Å²) in [4.78, 5) is 18.5. The number of aromatic nitrogens is 1. The SMILES string of the molecule is Cc1cnc2c(c1)COC21CCN(C(=O)OC(C)(C)C)CC1. The molecular weight excluding hydrogens is 280 g/mol. The molecule has 0 radical (unpaired) electrons. The third kappa shape index (κ3) is 2.82. The first-order valence-electron chi connectivity index (χ1n) is 7.87. The van der Waals surface area contributed by atoms with Crippen LogP contribution in [0.2, 0.25) is 0 Å². The van der Waals surface area contributed by atoms with Gasteiger partial charge >= 0.3 is 6.09 Å². The van der Waals surface area contributed by atoms with Crippen LogP contribution in [0.25, 0.3) is 0 Å². The topological polar surface area (TPSA) is 51.7 Å². The lowest BCUT2D eigenvalue weighted by molar-refractivity contribution is -0.0816. The highest BCUT2D eigenvalue weighted by molar-refractivity contribution is 5.68. The zero-order chi connectivity index (χ0) is 16.0. The van der Waals surface area contributed by atoms with Gasteiger partial charge in [-0.05, 0) is 46.1 Å². The minimum Gasteiger partial charge on any atom is -0.444 e. The van der Waals surface area contributed by atoms with E-state index in [-0.39, 0.29) is 11.7 Å². The molecule has 0 aromatic carbocycles. The van der Waals surface area contributed by atoms with Crippen molar-refractivity contribution in [3.8, 4) is 0 Å². The summed E-state index contributed by atoms with van der Waals surface area (Å²) in [7, 11) is 0. The van der Waals surface area contributed by atoms with E-state index in [1.807, 2.05) is 33.9 Å². The molecular formula is C17H24N2O3. The van der Waals surface area contributed by atoms with Crippen LogP contribution in [-0.2, 0) is 21.7 Å². The largest absolute Gasteiger partial charge is 0.444 e. The summed E-state index contributed by atoms with van der Waals surface area (Å²) < 4.78 is 11.5. The van der Waals surface area contributed by atoms with Crippen LogP contribution in [0.5, 0.6) is 0 Å². The number of aryl methyl sites for hydroxylation is 1. The van der Waals surface area contributed by atoms with E-state index in [1.165, 1.54) is 5.56 Å². The summed E-state index contributed by atoms with van der Waals surface area (Å²) in [5.74, 6) is 0. The van der Waals surface area contributed by atoms with Crippen molar-refractivity contribution in [1.29, 1.82) is 0 Å². The number of fused-ring (bicyclic) bond motifs is 2. The lowest BCUT2D eigenvalue weighted by Gasteiger charge is -2.38. The maximum absolute atomic E-state index is 12.2. The summed E-state index contributed by atoms with van der Waals surface area (Å²) >= 11 is 0. The van der Waals surface area contributed by atoms with Crippen LogP contribution in [0.3, 0.4) is 0 Å². The Balaban J connectivity index is 1.69. The molecule has 1 amide bonds. The Morgan fingerprint density at radius 2 is 2.05 bits per heavy atom. The number of carbonyl (C=O) groups excluding carboxylic acids is 1. The van der Waals surface area contributed by atoms with Gasteiger partial charge in [0.15, 0.2) is 0 Å². The minimum atomic E-state index is -0.457. The average molecular weight is 304 g/mol. The van der Waals surface area contributed by atoms with E-state index in [0.717, 1.165) is 24.1 Å². The van der Waals surface area contributed by atoms with E-state index in [0.29, 0.717) is 19.7 Å². The average Bonchev–Trinajstić information content (AvgIpc) is 2.76. The van der Waals surface area contributed by atoms with E-state index in [9.17, 15) is 4.79 Å². The maximum atomic E-state index is 12.2. The number of pyridine rings is 1. The highest BCUT2D eigenvalue weighted by Gasteiger charge is 2.45. The number of hydrogen-bond donors (Lipinski definition) is 0. The molecule has 3 rings (SSSR count). The van der Waals surface area contributed by atoms with Gasteiger partial charge in [-0.25, -0.2) is 4.79 Å². The number of piperidine rings is 1. The molecule has 1 aromatic heterocycles. The van der Waals surface area contributed by atoms with Crippen molar-refractivity contribution < 1.29 is 14.3 Å². The quantitative estimate of drug-likeness (QED) is 0.739. The van der Waals surface area contributed by atoms with E-state index in [1.54, 1.807) is 4.90 Å². The zero-order valence-corrected chi connectivity index (χ0v) is 13.8. The summed E-state index contributed by atoms with van der Waals surface area (Å²) in [6, 6.07) is 2.15. The Labute approximate surface area is 131 Å². The van der Waals surface area contributed by atoms with Gasteiger partial charge in [-0.1, -0.05) is 6.07 Å². The number of rotatable bonds is 0. The van der Waals surface area contributed by atoms with Gasteiger partial charge in [0, 0.05) is 24.8 Å². The number of ether oxygens (including phenoxy) is 2. The standard InChI is InChI=1S/C17H24N2O3/c1-12-9-13-11-21-17(14(13)18-10-12)5-7-19(8-6-17)15(20)22-16(2,3)4/h9-10H,5-8,11H2,1-4H3. The molecule has 0 atom stereocenters. The van der Waals surface area contributed by atoms with E-state index in [2.05, 4.69) is 11.1 Å². The lowest BCUT2D eigenvalue weighted by atomic mass is 9.87. The molecule has 2 aliphatic rings. The second-order valence-electron chi connectivity index (χ2n) is 7.27. The number of hydrogen-bond acceptors (Lipinski definition) is 4. The zero-order valence-electron chi connectivity index (χ0n) is 13.8. The van der Waals surface area contributed by atoms with Crippen LogP contribution in [0.4, 0.5) is 4.79 Å². The highest BCUT2D eigenvalue weighted by Crippen LogP contribution is 2.43. The molecule has 120 valence electrons. The first-order valence-corrected chi connectivity index (χ1v) is 7.87. The van der Waals surface area contributed by atoms with Crippen LogP contribution in [0, 0.1) is 6.92 Å². The van der Waals surface area contributed by atoms with E-state index in [4.69, 9.17) is 9.47 Å². The summed E-state index contributed by atoms with van der Waals surface area (Å²) in [5, 5.41) is 0. The summed E-state index contributed by atoms with van der Waals surface area (Å²) in [6.07, 6.45) is 3.21. The minimum absolute atomic E-state index is 0.238. The van der Waals surface area contributed by atoms with Crippen molar-refractivity contribution in [2.75, 3.05) is 13.1 Å². The normalized spacial score (nSPS) is 20.1. The van der Waals surface area contributed by atoms with Gasteiger partial charge in [-0.2, -0.15) is 0 Å². The van der Waals surface area contributed by atoms with Crippen molar-refractivity contribution in [2.24, 2.45) is 0 Å². The molecule has 5 nitrogen and oxygen atoms in total. The Hall–Kier alpha value is -1.62. The fourth-order valence-electron chi connectivity index (χ4n) is 3.19. The van der Waals surface area contributed by atoms with Crippen LogP contribution < -0.4 is 0 Å². The van der Waals surface area contributed by atoms with Crippen LogP contribution in [0.15, 0.2) is 12.3 Å². The predicted molar refractivity (Wildman–Crippen MR) is 82.5 cm³/mol. The molecule has 0 N–H and O–H groups in total. The molecule has 0 saturated carbocycles. The lowest BCUT2D eigenvalue weighted by Crippen LogP contribution is -2.47. The fraction of sp³-hybridized carbons (Fsp3) is 0.647. The molecule has 1 saturated heterocycles. The fourth-order valence-corrected chi connectivity index (χ4v) is 3.19. The monoisotopic (exact) mass is 304 g/mol. The van der Waals surface area contributed by atoms with E-state index < -0.39 is 5.60 Å². The van der Waals surface area contributed by atoms with Crippen LogP contribution in [-0.4, -0.2) is 34.7 Å². The van der Waals surface area contributed by atoms with Gasteiger partial charge in [0.05, 0.1) is 12.3 Å². The van der Waals surface area contributed by atoms with Gasteiger partial charge in [0.2, 0.25) is 0 Å². The second-order valence-corrected chi connectivity index (χ2v) is 7.27. The molecule has 0 bridgehead atoms. The Morgan fingerprint density at radius 1 is 1.36 bits per heavy atom. The predicted octanol–water partition coefficient (Wildman–Crippen LogP) is 3.15. The first kappa shape index (κ1) is 15.3. The van der Waals surface area contributed by atoms with Crippen molar-refractivity contribution in [3.05, 3.63) is 29.1 Å². The van der Waals surface area contributed by atoms with Gasteiger partial charge in [-0.15, -0.1) is 0 Å². The molecule has 3 heterocycles. The van der Waals surface area contributed by atoms with Crippen LogP contribution >= 0.6 is 0 Å². The molecule has 1 aromatic rings.